The molecule has 4 rings (SSSR count). The molecule has 170 valence electrons. The number of methoxy groups -OCH3 is 3. The lowest BCUT2D eigenvalue weighted by atomic mass is 9.98. The molecule has 0 bridgehead atoms. The van der Waals surface area contributed by atoms with Gasteiger partial charge in [-0.25, -0.2) is 9.50 Å². The van der Waals surface area contributed by atoms with Gasteiger partial charge in [0, 0.05) is 29.4 Å². The number of likely N-dealkylation sites (tertiary alicyclic amines) is 1. The maximum Gasteiger partial charge on any atom is 0.275 e. The van der Waals surface area contributed by atoms with E-state index in [-0.39, 0.29) is 17.5 Å². The standard InChI is InChI=1S/C23H28N4O5/c1-13-14(2)24-20-12-16(25-27(20)22(13)28)17-8-6-7-9-26(17)23(29)15-10-18(30-3)21(32-5)19(11-15)31-4/h10-12,17,25H,6-9H2,1-5H3. The van der Waals surface area contributed by atoms with E-state index in [9.17, 15) is 9.59 Å². The molecule has 1 fully saturated rings. The van der Waals surface area contributed by atoms with Crippen LogP contribution in [0.5, 0.6) is 17.2 Å². The van der Waals surface area contributed by atoms with Gasteiger partial charge in [0.05, 0.1) is 33.1 Å². The van der Waals surface area contributed by atoms with Crippen LogP contribution in [-0.4, -0.2) is 53.3 Å². The highest BCUT2D eigenvalue weighted by molar-refractivity contribution is 5.96. The van der Waals surface area contributed by atoms with E-state index in [1.54, 1.807) is 19.1 Å². The fraction of sp³-hybridized carbons (Fsp3) is 0.435. The van der Waals surface area contributed by atoms with Crippen molar-refractivity contribution in [1.29, 1.82) is 0 Å². The third kappa shape index (κ3) is 3.57. The molecule has 1 aliphatic heterocycles. The van der Waals surface area contributed by atoms with E-state index in [4.69, 9.17) is 14.2 Å². The van der Waals surface area contributed by atoms with Crippen LogP contribution >= 0.6 is 0 Å². The number of rotatable bonds is 5. The molecule has 1 aliphatic rings. The number of hydrogen-bond donors (Lipinski definition) is 1. The number of aromatic amines is 1. The Hall–Kier alpha value is -3.49. The molecule has 1 saturated heterocycles. The molecule has 1 atom stereocenters. The van der Waals surface area contributed by atoms with Gasteiger partial charge < -0.3 is 19.1 Å². The largest absolute Gasteiger partial charge is 0.493 e. The van der Waals surface area contributed by atoms with Crippen molar-refractivity contribution in [1.82, 2.24) is 19.5 Å². The van der Waals surface area contributed by atoms with Gasteiger partial charge in [-0.05, 0) is 45.2 Å². The lowest BCUT2D eigenvalue weighted by molar-refractivity contribution is 0.0605. The maximum atomic E-state index is 13.6. The normalized spacial score (nSPS) is 16.3. The molecule has 9 heteroatoms. The number of nitrogens with zero attached hydrogens (tertiary/aromatic N) is 3. The fourth-order valence-corrected chi connectivity index (χ4v) is 4.28. The smallest absolute Gasteiger partial charge is 0.275 e. The van der Waals surface area contributed by atoms with Crippen LogP contribution in [0.25, 0.3) is 5.65 Å². The Morgan fingerprint density at radius 1 is 1.06 bits per heavy atom. The Morgan fingerprint density at radius 2 is 1.75 bits per heavy atom. The van der Waals surface area contributed by atoms with E-state index in [1.165, 1.54) is 25.8 Å². The summed E-state index contributed by atoms with van der Waals surface area (Å²) in [4.78, 5) is 32.6. The summed E-state index contributed by atoms with van der Waals surface area (Å²) in [7, 11) is 4.57. The summed E-state index contributed by atoms with van der Waals surface area (Å²) < 4.78 is 17.7. The molecule has 1 unspecified atom stereocenters. The number of H-pyrrole nitrogens is 1. The van der Waals surface area contributed by atoms with Crippen molar-refractivity contribution in [3.8, 4) is 17.2 Å². The Bertz CT molecular complexity index is 1200. The number of amides is 1. The van der Waals surface area contributed by atoms with Crippen LogP contribution in [-0.2, 0) is 0 Å². The quantitative estimate of drug-likeness (QED) is 0.655. The van der Waals surface area contributed by atoms with Crippen LogP contribution in [0.15, 0.2) is 23.0 Å². The molecule has 1 aromatic carbocycles. The minimum Gasteiger partial charge on any atom is -0.493 e. The van der Waals surface area contributed by atoms with Crippen LogP contribution < -0.4 is 19.8 Å². The van der Waals surface area contributed by atoms with Gasteiger partial charge in [0.2, 0.25) is 5.75 Å². The molecule has 3 heterocycles. The number of hydrogen-bond acceptors (Lipinski definition) is 6. The third-order valence-electron chi connectivity index (χ3n) is 6.14. The molecular formula is C23H28N4O5. The lowest BCUT2D eigenvalue weighted by Crippen LogP contribution is -2.38. The van der Waals surface area contributed by atoms with Crippen molar-refractivity contribution < 1.29 is 19.0 Å². The molecule has 32 heavy (non-hydrogen) atoms. The highest BCUT2D eigenvalue weighted by Gasteiger charge is 2.31. The second-order valence-corrected chi connectivity index (χ2v) is 7.96. The van der Waals surface area contributed by atoms with Crippen molar-refractivity contribution in [2.75, 3.05) is 27.9 Å². The van der Waals surface area contributed by atoms with Crippen LogP contribution in [0.2, 0.25) is 0 Å². The number of fused-ring (bicyclic) bond motifs is 1. The third-order valence-corrected chi connectivity index (χ3v) is 6.14. The van der Waals surface area contributed by atoms with Gasteiger partial charge in [-0.15, -0.1) is 0 Å². The first-order valence-corrected chi connectivity index (χ1v) is 10.6. The van der Waals surface area contributed by atoms with Gasteiger partial charge in [-0.3, -0.25) is 14.7 Å². The number of aryl methyl sites for hydroxylation is 1. The van der Waals surface area contributed by atoms with Crippen molar-refractivity contribution in [2.45, 2.75) is 39.2 Å². The average molecular weight is 441 g/mol. The summed E-state index contributed by atoms with van der Waals surface area (Å²) in [5.41, 5.74) is 2.97. The molecule has 2 aromatic heterocycles. The molecule has 0 radical (unpaired) electrons. The molecule has 3 aromatic rings. The summed E-state index contributed by atoms with van der Waals surface area (Å²) >= 11 is 0. The highest BCUT2D eigenvalue weighted by atomic mass is 16.5. The molecule has 0 saturated carbocycles. The summed E-state index contributed by atoms with van der Waals surface area (Å²) in [6.45, 7) is 4.19. The first-order valence-electron chi connectivity index (χ1n) is 10.6. The van der Waals surface area contributed by atoms with Crippen LogP contribution in [0.4, 0.5) is 0 Å². The zero-order valence-electron chi connectivity index (χ0n) is 19.0. The Labute approximate surface area is 185 Å². The molecule has 0 aliphatic carbocycles. The molecule has 1 N–H and O–H groups in total. The predicted octanol–water partition coefficient (Wildman–Crippen LogP) is 3.03. The number of benzene rings is 1. The van der Waals surface area contributed by atoms with Crippen molar-refractivity contribution in [3.05, 3.63) is 51.1 Å². The molecular weight excluding hydrogens is 412 g/mol. The van der Waals surface area contributed by atoms with Gasteiger partial charge in [0.15, 0.2) is 17.1 Å². The lowest BCUT2D eigenvalue weighted by Gasteiger charge is -2.35. The number of carbonyl (C=O) groups is 1. The number of ether oxygens (including phenoxy) is 3. The zero-order valence-corrected chi connectivity index (χ0v) is 19.0. The first kappa shape index (κ1) is 21.7. The van der Waals surface area contributed by atoms with Gasteiger partial charge in [0.25, 0.3) is 11.5 Å². The Morgan fingerprint density at radius 3 is 2.38 bits per heavy atom. The van der Waals surface area contributed by atoms with Crippen LogP contribution in [0, 0.1) is 13.8 Å². The summed E-state index contributed by atoms with van der Waals surface area (Å²) in [5.74, 6) is 1.15. The minimum atomic E-state index is -0.197. The van der Waals surface area contributed by atoms with E-state index < -0.39 is 0 Å². The van der Waals surface area contributed by atoms with Crippen LogP contribution in [0.1, 0.15) is 52.6 Å². The van der Waals surface area contributed by atoms with Gasteiger partial charge >= 0.3 is 0 Å². The first-order chi connectivity index (χ1) is 15.4. The van der Waals surface area contributed by atoms with Crippen molar-refractivity contribution in [2.24, 2.45) is 0 Å². The molecule has 0 spiro atoms. The predicted molar refractivity (Wildman–Crippen MR) is 119 cm³/mol. The van der Waals surface area contributed by atoms with Crippen molar-refractivity contribution in [3.63, 3.8) is 0 Å². The fourth-order valence-electron chi connectivity index (χ4n) is 4.28. The Balaban J connectivity index is 1.75. The van der Waals surface area contributed by atoms with Crippen molar-refractivity contribution >= 4 is 11.6 Å². The van der Waals surface area contributed by atoms with Crippen LogP contribution in [0.3, 0.4) is 0 Å². The van der Waals surface area contributed by atoms with Gasteiger partial charge in [-0.1, -0.05) is 0 Å². The number of nitrogens with one attached hydrogen (secondary N) is 1. The molecule has 1 amide bonds. The highest BCUT2D eigenvalue weighted by Crippen LogP contribution is 2.39. The number of aromatic nitrogens is 3. The SMILES string of the molecule is COc1cc(C(=O)N2CCCCC2c2cc3nc(C)c(C)c(=O)n3[nH]2)cc(OC)c1OC. The summed E-state index contributed by atoms with van der Waals surface area (Å²) in [6.07, 6.45) is 2.68. The van der Waals surface area contributed by atoms with E-state index >= 15 is 0 Å². The maximum absolute atomic E-state index is 13.6. The Kier molecular flexibility index (Phi) is 5.82. The van der Waals surface area contributed by atoms with E-state index in [0.717, 1.165) is 25.0 Å². The van der Waals surface area contributed by atoms with E-state index in [0.29, 0.717) is 46.3 Å². The summed E-state index contributed by atoms with van der Waals surface area (Å²) in [5, 5.41) is 3.18. The number of piperidine rings is 1. The summed E-state index contributed by atoms with van der Waals surface area (Å²) in [6, 6.07) is 5.00. The topological polar surface area (TPSA) is 98.2 Å². The van der Waals surface area contributed by atoms with Gasteiger partial charge in [0.1, 0.15) is 0 Å². The number of carbonyl (C=O) groups excluding carboxylic acids is 1. The average Bonchev–Trinajstić information content (AvgIpc) is 3.25. The van der Waals surface area contributed by atoms with E-state index in [1.807, 2.05) is 17.9 Å². The second-order valence-electron chi connectivity index (χ2n) is 7.96. The minimum absolute atomic E-state index is 0.128. The molecule has 9 nitrogen and oxygen atoms in total. The van der Waals surface area contributed by atoms with Gasteiger partial charge in [-0.2, -0.15) is 0 Å². The monoisotopic (exact) mass is 440 g/mol. The van der Waals surface area contributed by atoms with E-state index in [2.05, 4.69) is 10.1 Å². The second kappa shape index (κ2) is 8.57. The zero-order chi connectivity index (χ0) is 23.0.